The summed E-state index contributed by atoms with van der Waals surface area (Å²) in [6.45, 7) is 1.04. The zero-order valence-electron chi connectivity index (χ0n) is 9.74. The first-order chi connectivity index (χ1) is 8.78. The minimum absolute atomic E-state index is 0.514. The molecule has 1 heterocycles. The predicted octanol–water partition coefficient (Wildman–Crippen LogP) is 3.31. The first kappa shape index (κ1) is 11.4. The molecule has 3 rings (SSSR count). The van der Waals surface area contributed by atoms with Crippen molar-refractivity contribution in [1.29, 1.82) is 0 Å². The van der Waals surface area contributed by atoms with Gasteiger partial charge in [0.05, 0.1) is 5.52 Å². The van der Waals surface area contributed by atoms with E-state index in [-0.39, 0.29) is 0 Å². The standard InChI is InChI=1S/C14H13ClN2O/c15-9-1-3-11-12-4-2-10(18-6-5-16)8-14(12)17-13(11)7-9/h1-4,7-8,17H,5-6,16H2. The molecule has 2 aromatic carbocycles. The molecule has 4 heteroatoms. The molecule has 0 bridgehead atoms. The van der Waals surface area contributed by atoms with Crippen molar-refractivity contribution in [3.63, 3.8) is 0 Å². The van der Waals surface area contributed by atoms with E-state index >= 15 is 0 Å². The van der Waals surface area contributed by atoms with Crippen LogP contribution in [0.5, 0.6) is 5.75 Å². The van der Waals surface area contributed by atoms with E-state index < -0.39 is 0 Å². The zero-order chi connectivity index (χ0) is 12.5. The summed E-state index contributed by atoms with van der Waals surface area (Å²) >= 11 is 5.99. The summed E-state index contributed by atoms with van der Waals surface area (Å²) in [4.78, 5) is 3.34. The molecule has 0 saturated heterocycles. The molecule has 0 radical (unpaired) electrons. The van der Waals surface area contributed by atoms with E-state index in [0.717, 1.165) is 21.8 Å². The number of aromatic amines is 1. The van der Waals surface area contributed by atoms with Gasteiger partial charge in [-0.05, 0) is 24.3 Å². The van der Waals surface area contributed by atoms with Crippen molar-refractivity contribution >= 4 is 33.4 Å². The molecular formula is C14H13ClN2O. The van der Waals surface area contributed by atoms with Crippen molar-refractivity contribution in [2.45, 2.75) is 0 Å². The Labute approximate surface area is 109 Å². The van der Waals surface area contributed by atoms with Crippen LogP contribution < -0.4 is 10.5 Å². The number of aromatic nitrogens is 1. The third-order valence-corrected chi connectivity index (χ3v) is 3.15. The van der Waals surface area contributed by atoms with Crippen LogP contribution in [-0.4, -0.2) is 18.1 Å². The first-order valence-corrected chi connectivity index (χ1v) is 6.19. The number of nitrogens with one attached hydrogen (secondary N) is 1. The Hall–Kier alpha value is -1.71. The quantitative estimate of drug-likeness (QED) is 0.759. The van der Waals surface area contributed by atoms with E-state index in [4.69, 9.17) is 22.1 Å². The lowest BCUT2D eigenvalue weighted by atomic mass is 10.1. The Bertz CT molecular complexity index is 705. The Morgan fingerprint density at radius 3 is 2.56 bits per heavy atom. The summed E-state index contributed by atoms with van der Waals surface area (Å²) in [6, 6.07) is 11.8. The molecule has 1 aromatic heterocycles. The number of halogens is 1. The molecular weight excluding hydrogens is 248 g/mol. The van der Waals surface area contributed by atoms with Crippen molar-refractivity contribution in [3.8, 4) is 5.75 Å². The summed E-state index contributed by atoms with van der Waals surface area (Å²) in [5.41, 5.74) is 7.50. The van der Waals surface area contributed by atoms with Crippen molar-refractivity contribution in [2.24, 2.45) is 5.73 Å². The number of rotatable bonds is 3. The van der Waals surface area contributed by atoms with Crippen molar-refractivity contribution in [3.05, 3.63) is 41.4 Å². The molecule has 0 spiro atoms. The fourth-order valence-electron chi connectivity index (χ4n) is 2.13. The highest BCUT2D eigenvalue weighted by molar-refractivity contribution is 6.31. The Kier molecular flexibility index (Phi) is 2.86. The summed E-state index contributed by atoms with van der Waals surface area (Å²) < 4.78 is 5.51. The Morgan fingerprint density at radius 1 is 1.06 bits per heavy atom. The Morgan fingerprint density at radius 2 is 1.78 bits per heavy atom. The molecule has 92 valence electrons. The maximum absolute atomic E-state index is 5.99. The van der Waals surface area contributed by atoms with E-state index in [0.29, 0.717) is 13.2 Å². The molecule has 0 amide bonds. The van der Waals surface area contributed by atoms with E-state index in [9.17, 15) is 0 Å². The fraction of sp³-hybridized carbons (Fsp3) is 0.143. The molecule has 0 aliphatic heterocycles. The summed E-state index contributed by atoms with van der Waals surface area (Å²) in [5, 5.41) is 3.07. The number of nitrogens with two attached hydrogens (primary N) is 1. The van der Waals surface area contributed by atoms with Gasteiger partial charge in [0.1, 0.15) is 12.4 Å². The van der Waals surface area contributed by atoms with Crippen LogP contribution in [0.3, 0.4) is 0 Å². The highest BCUT2D eigenvalue weighted by atomic mass is 35.5. The van der Waals surface area contributed by atoms with Crippen molar-refractivity contribution < 1.29 is 4.74 Å². The summed E-state index contributed by atoms with van der Waals surface area (Å²) in [5.74, 6) is 0.825. The predicted molar refractivity (Wildman–Crippen MR) is 75.4 cm³/mol. The minimum Gasteiger partial charge on any atom is -0.492 e. The number of fused-ring (bicyclic) bond motifs is 3. The molecule has 0 fully saturated rings. The van der Waals surface area contributed by atoms with Gasteiger partial charge in [-0.25, -0.2) is 0 Å². The van der Waals surface area contributed by atoms with Crippen LogP contribution in [-0.2, 0) is 0 Å². The van der Waals surface area contributed by atoms with Gasteiger partial charge in [0, 0.05) is 33.9 Å². The van der Waals surface area contributed by atoms with Gasteiger partial charge in [0.2, 0.25) is 0 Å². The molecule has 3 nitrogen and oxygen atoms in total. The summed E-state index contributed by atoms with van der Waals surface area (Å²) in [7, 11) is 0. The van der Waals surface area contributed by atoms with Gasteiger partial charge in [-0.3, -0.25) is 0 Å². The molecule has 3 N–H and O–H groups in total. The largest absolute Gasteiger partial charge is 0.492 e. The number of benzene rings is 2. The smallest absolute Gasteiger partial charge is 0.121 e. The second kappa shape index (κ2) is 4.52. The van der Waals surface area contributed by atoms with Gasteiger partial charge >= 0.3 is 0 Å². The second-order valence-electron chi connectivity index (χ2n) is 4.16. The van der Waals surface area contributed by atoms with E-state index in [1.807, 2.05) is 36.4 Å². The van der Waals surface area contributed by atoms with E-state index in [1.165, 1.54) is 10.8 Å². The second-order valence-corrected chi connectivity index (χ2v) is 4.60. The Balaban J connectivity index is 2.14. The monoisotopic (exact) mass is 260 g/mol. The average Bonchev–Trinajstić information content (AvgIpc) is 2.72. The SMILES string of the molecule is NCCOc1ccc2c(c1)[nH]c1cc(Cl)ccc12. The van der Waals surface area contributed by atoms with Crippen LogP contribution >= 0.6 is 11.6 Å². The topological polar surface area (TPSA) is 51.0 Å². The third kappa shape index (κ3) is 1.92. The van der Waals surface area contributed by atoms with Crippen LogP contribution in [0.15, 0.2) is 36.4 Å². The number of hydrogen-bond donors (Lipinski definition) is 2. The lowest BCUT2D eigenvalue weighted by Crippen LogP contribution is -2.10. The molecule has 0 unspecified atom stereocenters. The summed E-state index contributed by atoms with van der Waals surface area (Å²) in [6.07, 6.45) is 0. The van der Waals surface area contributed by atoms with Gasteiger partial charge in [0.15, 0.2) is 0 Å². The molecule has 0 saturated carbocycles. The lowest BCUT2D eigenvalue weighted by molar-refractivity contribution is 0.329. The van der Waals surface area contributed by atoms with Gasteiger partial charge < -0.3 is 15.5 Å². The number of hydrogen-bond acceptors (Lipinski definition) is 2. The molecule has 0 aliphatic rings. The number of H-pyrrole nitrogens is 1. The first-order valence-electron chi connectivity index (χ1n) is 5.82. The normalized spacial score (nSPS) is 11.2. The molecule has 0 atom stereocenters. The van der Waals surface area contributed by atoms with E-state index in [2.05, 4.69) is 4.98 Å². The van der Waals surface area contributed by atoms with Crippen LogP contribution in [0.2, 0.25) is 5.02 Å². The van der Waals surface area contributed by atoms with Gasteiger partial charge in [-0.15, -0.1) is 0 Å². The van der Waals surface area contributed by atoms with Crippen LogP contribution in [0, 0.1) is 0 Å². The van der Waals surface area contributed by atoms with Crippen molar-refractivity contribution in [2.75, 3.05) is 13.2 Å². The van der Waals surface area contributed by atoms with Crippen LogP contribution in [0.4, 0.5) is 0 Å². The minimum atomic E-state index is 0.514. The third-order valence-electron chi connectivity index (χ3n) is 2.92. The zero-order valence-corrected chi connectivity index (χ0v) is 10.5. The molecule has 3 aromatic rings. The highest BCUT2D eigenvalue weighted by Gasteiger charge is 2.05. The fourth-order valence-corrected chi connectivity index (χ4v) is 2.30. The van der Waals surface area contributed by atoms with E-state index in [1.54, 1.807) is 0 Å². The van der Waals surface area contributed by atoms with Crippen LogP contribution in [0.1, 0.15) is 0 Å². The lowest BCUT2D eigenvalue weighted by Gasteiger charge is -2.03. The van der Waals surface area contributed by atoms with Gasteiger partial charge in [-0.2, -0.15) is 0 Å². The molecule has 0 aliphatic carbocycles. The highest BCUT2D eigenvalue weighted by Crippen LogP contribution is 2.29. The maximum atomic E-state index is 5.99. The van der Waals surface area contributed by atoms with Crippen LogP contribution in [0.25, 0.3) is 21.8 Å². The number of ether oxygens (including phenoxy) is 1. The van der Waals surface area contributed by atoms with Crippen molar-refractivity contribution in [1.82, 2.24) is 4.98 Å². The molecule has 18 heavy (non-hydrogen) atoms. The van der Waals surface area contributed by atoms with Gasteiger partial charge in [0.25, 0.3) is 0 Å². The maximum Gasteiger partial charge on any atom is 0.121 e. The average molecular weight is 261 g/mol. The van der Waals surface area contributed by atoms with Gasteiger partial charge in [-0.1, -0.05) is 17.7 Å².